The predicted molar refractivity (Wildman–Crippen MR) is 110 cm³/mol. The number of hydrogen-bond acceptors (Lipinski definition) is 5. The molecule has 142 valence electrons. The SMILES string of the molecule is COc1ccc2c(c1)nc(SCCN1CCOCC1)n2Cc1ccccc1. The van der Waals surface area contributed by atoms with E-state index in [1.807, 2.05) is 23.9 Å². The molecule has 1 aromatic heterocycles. The number of aromatic nitrogens is 2. The lowest BCUT2D eigenvalue weighted by Crippen LogP contribution is -2.37. The Morgan fingerprint density at radius 1 is 1.11 bits per heavy atom. The van der Waals surface area contributed by atoms with Crippen molar-refractivity contribution in [2.45, 2.75) is 11.7 Å². The molecule has 4 rings (SSSR count). The van der Waals surface area contributed by atoms with Gasteiger partial charge in [0.15, 0.2) is 5.16 Å². The molecule has 0 aliphatic carbocycles. The van der Waals surface area contributed by atoms with Crippen LogP contribution in [-0.4, -0.2) is 60.2 Å². The van der Waals surface area contributed by atoms with E-state index in [0.717, 1.165) is 67.1 Å². The maximum Gasteiger partial charge on any atom is 0.169 e. The van der Waals surface area contributed by atoms with Crippen LogP contribution in [0.5, 0.6) is 5.75 Å². The molecule has 2 aromatic carbocycles. The second-order valence-electron chi connectivity index (χ2n) is 6.62. The van der Waals surface area contributed by atoms with Gasteiger partial charge in [0, 0.05) is 31.5 Å². The van der Waals surface area contributed by atoms with Crippen molar-refractivity contribution in [1.29, 1.82) is 0 Å². The molecule has 27 heavy (non-hydrogen) atoms. The average Bonchev–Trinajstić information content (AvgIpc) is 3.06. The van der Waals surface area contributed by atoms with Crippen LogP contribution in [-0.2, 0) is 11.3 Å². The maximum absolute atomic E-state index is 5.43. The molecular weight excluding hydrogens is 358 g/mol. The molecule has 2 heterocycles. The highest BCUT2D eigenvalue weighted by molar-refractivity contribution is 7.99. The molecule has 0 spiro atoms. The molecule has 0 saturated carbocycles. The van der Waals surface area contributed by atoms with Gasteiger partial charge in [-0.2, -0.15) is 0 Å². The number of imidazole rings is 1. The molecular formula is C21H25N3O2S. The van der Waals surface area contributed by atoms with Crippen molar-refractivity contribution >= 4 is 22.8 Å². The summed E-state index contributed by atoms with van der Waals surface area (Å²) in [4.78, 5) is 7.36. The summed E-state index contributed by atoms with van der Waals surface area (Å²) in [5, 5.41) is 1.07. The van der Waals surface area contributed by atoms with Crippen LogP contribution >= 0.6 is 11.8 Å². The van der Waals surface area contributed by atoms with E-state index in [1.54, 1.807) is 7.11 Å². The Balaban J connectivity index is 1.56. The minimum Gasteiger partial charge on any atom is -0.497 e. The van der Waals surface area contributed by atoms with Gasteiger partial charge in [0.1, 0.15) is 5.75 Å². The number of rotatable bonds is 7. The van der Waals surface area contributed by atoms with Gasteiger partial charge < -0.3 is 14.0 Å². The van der Waals surface area contributed by atoms with Crippen LogP contribution in [0.15, 0.2) is 53.7 Å². The van der Waals surface area contributed by atoms with Gasteiger partial charge >= 0.3 is 0 Å². The molecule has 1 fully saturated rings. The normalized spacial score (nSPS) is 15.3. The molecule has 5 nitrogen and oxygen atoms in total. The molecule has 0 bridgehead atoms. The van der Waals surface area contributed by atoms with Gasteiger partial charge in [-0.25, -0.2) is 4.98 Å². The van der Waals surface area contributed by atoms with Crippen LogP contribution in [0.2, 0.25) is 0 Å². The Kier molecular flexibility index (Phi) is 5.97. The van der Waals surface area contributed by atoms with E-state index in [0.29, 0.717) is 0 Å². The van der Waals surface area contributed by atoms with Crippen molar-refractivity contribution in [1.82, 2.24) is 14.5 Å². The molecule has 3 aromatic rings. The van der Waals surface area contributed by atoms with Gasteiger partial charge in [-0.15, -0.1) is 0 Å². The molecule has 1 aliphatic heterocycles. The minimum absolute atomic E-state index is 0.823. The fourth-order valence-corrected chi connectivity index (χ4v) is 4.35. The van der Waals surface area contributed by atoms with E-state index in [-0.39, 0.29) is 0 Å². The number of hydrogen-bond donors (Lipinski definition) is 0. The van der Waals surface area contributed by atoms with E-state index in [4.69, 9.17) is 14.5 Å². The molecule has 0 amide bonds. The topological polar surface area (TPSA) is 39.5 Å². The van der Waals surface area contributed by atoms with Gasteiger partial charge in [-0.1, -0.05) is 42.1 Å². The minimum atomic E-state index is 0.823. The zero-order valence-corrected chi connectivity index (χ0v) is 16.5. The van der Waals surface area contributed by atoms with Gasteiger partial charge in [-0.05, 0) is 17.7 Å². The molecule has 1 aliphatic rings. The zero-order chi connectivity index (χ0) is 18.5. The second-order valence-corrected chi connectivity index (χ2v) is 7.69. The number of morpholine rings is 1. The Morgan fingerprint density at radius 2 is 1.93 bits per heavy atom. The quantitative estimate of drug-likeness (QED) is 0.584. The summed E-state index contributed by atoms with van der Waals surface area (Å²) in [6.45, 7) is 5.62. The highest BCUT2D eigenvalue weighted by atomic mass is 32.2. The van der Waals surface area contributed by atoms with Crippen molar-refractivity contribution in [3.63, 3.8) is 0 Å². The van der Waals surface area contributed by atoms with Crippen molar-refractivity contribution in [2.75, 3.05) is 45.7 Å². The summed E-state index contributed by atoms with van der Waals surface area (Å²) in [6.07, 6.45) is 0. The van der Waals surface area contributed by atoms with E-state index >= 15 is 0 Å². The maximum atomic E-state index is 5.43. The number of thioether (sulfide) groups is 1. The zero-order valence-electron chi connectivity index (χ0n) is 15.6. The third-order valence-corrected chi connectivity index (χ3v) is 5.80. The Labute approximate surface area is 164 Å². The first-order valence-electron chi connectivity index (χ1n) is 9.34. The van der Waals surface area contributed by atoms with Gasteiger partial charge in [0.25, 0.3) is 0 Å². The number of benzene rings is 2. The average molecular weight is 384 g/mol. The van der Waals surface area contributed by atoms with Gasteiger partial charge in [0.2, 0.25) is 0 Å². The van der Waals surface area contributed by atoms with Gasteiger partial charge in [0.05, 0.1) is 37.9 Å². The third-order valence-electron chi connectivity index (χ3n) is 4.85. The number of methoxy groups -OCH3 is 1. The van der Waals surface area contributed by atoms with Crippen molar-refractivity contribution in [3.05, 3.63) is 54.1 Å². The molecule has 0 radical (unpaired) electrons. The first-order chi connectivity index (χ1) is 13.3. The highest BCUT2D eigenvalue weighted by Crippen LogP contribution is 2.28. The second kappa shape index (κ2) is 8.78. The monoisotopic (exact) mass is 383 g/mol. The van der Waals surface area contributed by atoms with Crippen LogP contribution in [0.3, 0.4) is 0 Å². The lowest BCUT2D eigenvalue weighted by atomic mass is 10.2. The standard InChI is InChI=1S/C21H25N3O2S/c1-25-18-7-8-20-19(15-18)22-21(24(20)16-17-5-3-2-4-6-17)27-14-11-23-9-12-26-13-10-23/h2-8,15H,9-14,16H2,1H3. The van der Waals surface area contributed by atoms with Crippen LogP contribution in [0.1, 0.15) is 5.56 Å². The molecule has 0 unspecified atom stereocenters. The van der Waals surface area contributed by atoms with Crippen molar-refractivity contribution in [2.24, 2.45) is 0 Å². The molecule has 1 saturated heterocycles. The van der Waals surface area contributed by atoms with Crippen LogP contribution < -0.4 is 4.74 Å². The van der Waals surface area contributed by atoms with Crippen LogP contribution in [0, 0.1) is 0 Å². The fourth-order valence-electron chi connectivity index (χ4n) is 3.33. The van der Waals surface area contributed by atoms with E-state index in [1.165, 1.54) is 5.56 Å². The Morgan fingerprint density at radius 3 is 2.70 bits per heavy atom. The van der Waals surface area contributed by atoms with Crippen molar-refractivity contribution in [3.8, 4) is 5.75 Å². The Bertz CT molecular complexity index is 876. The molecule has 6 heteroatoms. The highest BCUT2D eigenvalue weighted by Gasteiger charge is 2.14. The van der Waals surface area contributed by atoms with E-state index in [2.05, 4.69) is 45.9 Å². The summed E-state index contributed by atoms with van der Waals surface area (Å²) < 4.78 is 13.1. The van der Waals surface area contributed by atoms with Gasteiger partial charge in [-0.3, -0.25) is 4.90 Å². The lowest BCUT2D eigenvalue weighted by molar-refractivity contribution is 0.0410. The van der Waals surface area contributed by atoms with E-state index in [9.17, 15) is 0 Å². The number of fused-ring (bicyclic) bond motifs is 1. The summed E-state index contributed by atoms with van der Waals surface area (Å²) in [6, 6.07) is 16.7. The summed E-state index contributed by atoms with van der Waals surface area (Å²) >= 11 is 1.83. The third kappa shape index (κ3) is 4.46. The smallest absolute Gasteiger partial charge is 0.169 e. The largest absolute Gasteiger partial charge is 0.497 e. The van der Waals surface area contributed by atoms with E-state index < -0.39 is 0 Å². The van der Waals surface area contributed by atoms with Crippen LogP contribution in [0.4, 0.5) is 0 Å². The fraction of sp³-hybridized carbons (Fsp3) is 0.381. The molecule has 0 atom stereocenters. The number of ether oxygens (including phenoxy) is 2. The Hall–Kier alpha value is -2.02. The predicted octanol–water partition coefficient (Wildman–Crippen LogP) is 3.52. The summed E-state index contributed by atoms with van der Waals surface area (Å²) in [7, 11) is 1.69. The van der Waals surface area contributed by atoms with Crippen molar-refractivity contribution < 1.29 is 9.47 Å². The summed E-state index contributed by atoms with van der Waals surface area (Å²) in [5.41, 5.74) is 3.41. The van der Waals surface area contributed by atoms with Crippen LogP contribution in [0.25, 0.3) is 11.0 Å². The molecule has 0 N–H and O–H groups in total. The first kappa shape index (κ1) is 18.3. The summed E-state index contributed by atoms with van der Waals surface area (Å²) in [5.74, 6) is 1.87. The first-order valence-corrected chi connectivity index (χ1v) is 10.3. The lowest BCUT2D eigenvalue weighted by Gasteiger charge is -2.26. The number of nitrogens with zero attached hydrogens (tertiary/aromatic N) is 3.